The number of benzene rings is 1. The smallest absolute Gasteiger partial charge is 0.0558 e. The molecule has 0 saturated heterocycles. The monoisotopic (exact) mass is 266 g/mol. The Bertz CT molecular complexity index is 587. The molecule has 104 valence electrons. The van der Waals surface area contributed by atoms with Crippen LogP contribution in [0.1, 0.15) is 60.4 Å². The van der Waals surface area contributed by atoms with E-state index in [0.717, 1.165) is 6.42 Å². The molecule has 2 aromatic rings. The van der Waals surface area contributed by atoms with Crippen LogP contribution in [0.5, 0.6) is 0 Å². The summed E-state index contributed by atoms with van der Waals surface area (Å²) in [5.74, 6) is 0.712. The zero-order valence-electron chi connectivity index (χ0n) is 12.0. The number of nitrogens with zero attached hydrogens (tertiary/aromatic N) is 1. The largest absolute Gasteiger partial charge is 0.320 e. The second-order valence-electron chi connectivity index (χ2n) is 5.66. The highest BCUT2D eigenvalue weighted by molar-refractivity contribution is 5.41. The van der Waals surface area contributed by atoms with Crippen LogP contribution in [0.2, 0.25) is 0 Å². The van der Waals surface area contributed by atoms with Crippen molar-refractivity contribution in [3.05, 3.63) is 65.0 Å². The highest BCUT2D eigenvalue weighted by atomic mass is 14.7. The Labute approximate surface area is 121 Å². The van der Waals surface area contributed by atoms with Gasteiger partial charge in [0.15, 0.2) is 0 Å². The summed E-state index contributed by atoms with van der Waals surface area (Å²) in [4.78, 5) is 4.22. The molecule has 1 unspecified atom stereocenters. The first-order chi connectivity index (χ1) is 9.81. The van der Waals surface area contributed by atoms with E-state index >= 15 is 0 Å². The SMILES string of the molecule is CCc1cnccc1C(N)c1ccccc1C1CCC1. The van der Waals surface area contributed by atoms with Crippen LogP contribution < -0.4 is 5.73 Å². The fourth-order valence-electron chi connectivity index (χ4n) is 3.09. The molecule has 2 heteroatoms. The van der Waals surface area contributed by atoms with Crippen molar-refractivity contribution in [2.45, 2.75) is 44.6 Å². The van der Waals surface area contributed by atoms with Crippen molar-refractivity contribution in [2.75, 3.05) is 0 Å². The highest BCUT2D eigenvalue weighted by Crippen LogP contribution is 2.40. The maximum absolute atomic E-state index is 6.58. The minimum atomic E-state index is -0.0373. The van der Waals surface area contributed by atoms with Crippen molar-refractivity contribution in [3.63, 3.8) is 0 Å². The molecule has 1 fully saturated rings. The fraction of sp³-hybridized carbons (Fsp3) is 0.389. The number of hydrogen-bond donors (Lipinski definition) is 1. The molecule has 0 spiro atoms. The summed E-state index contributed by atoms with van der Waals surface area (Å²) in [6, 6.07) is 10.7. The summed E-state index contributed by atoms with van der Waals surface area (Å²) in [7, 11) is 0. The maximum atomic E-state index is 6.58. The quantitative estimate of drug-likeness (QED) is 0.909. The number of pyridine rings is 1. The molecule has 1 saturated carbocycles. The summed E-state index contributed by atoms with van der Waals surface area (Å²) in [5.41, 5.74) is 11.8. The van der Waals surface area contributed by atoms with Gasteiger partial charge in [-0.3, -0.25) is 4.98 Å². The number of hydrogen-bond acceptors (Lipinski definition) is 2. The van der Waals surface area contributed by atoms with Crippen LogP contribution in [0.3, 0.4) is 0 Å². The van der Waals surface area contributed by atoms with Crippen molar-refractivity contribution >= 4 is 0 Å². The Hall–Kier alpha value is -1.67. The van der Waals surface area contributed by atoms with Crippen LogP contribution in [-0.2, 0) is 6.42 Å². The van der Waals surface area contributed by atoms with Gasteiger partial charge in [0.1, 0.15) is 0 Å². The number of aryl methyl sites for hydroxylation is 1. The van der Waals surface area contributed by atoms with Gasteiger partial charge in [0.25, 0.3) is 0 Å². The number of rotatable bonds is 4. The highest BCUT2D eigenvalue weighted by Gasteiger charge is 2.24. The second kappa shape index (κ2) is 5.76. The van der Waals surface area contributed by atoms with E-state index in [9.17, 15) is 0 Å². The molecule has 0 amide bonds. The summed E-state index contributed by atoms with van der Waals surface area (Å²) in [6.45, 7) is 2.16. The van der Waals surface area contributed by atoms with Crippen molar-refractivity contribution in [3.8, 4) is 0 Å². The third-order valence-corrected chi connectivity index (χ3v) is 4.53. The predicted octanol–water partition coefficient (Wildman–Crippen LogP) is 3.96. The lowest BCUT2D eigenvalue weighted by Gasteiger charge is -2.30. The van der Waals surface area contributed by atoms with Gasteiger partial charge in [0.2, 0.25) is 0 Å². The Balaban J connectivity index is 1.99. The first-order valence-electron chi connectivity index (χ1n) is 7.58. The summed E-state index contributed by atoms with van der Waals surface area (Å²) < 4.78 is 0. The third-order valence-electron chi connectivity index (χ3n) is 4.53. The van der Waals surface area contributed by atoms with Gasteiger partial charge in [-0.05, 0) is 53.5 Å². The summed E-state index contributed by atoms with van der Waals surface area (Å²) >= 11 is 0. The van der Waals surface area contributed by atoms with E-state index in [-0.39, 0.29) is 6.04 Å². The van der Waals surface area contributed by atoms with Crippen LogP contribution in [0.15, 0.2) is 42.7 Å². The molecule has 0 aliphatic heterocycles. The number of nitrogens with two attached hydrogens (primary N) is 1. The molecule has 2 N–H and O–H groups in total. The van der Waals surface area contributed by atoms with E-state index < -0.39 is 0 Å². The van der Waals surface area contributed by atoms with Crippen molar-refractivity contribution in [2.24, 2.45) is 5.73 Å². The molecular formula is C18H22N2. The average Bonchev–Trinajstić information content (AvgIpc) is 2.45. The van der Waals surface area contributed by atoms with Crippen LogP contribution in [-0.4, -0.2) is 4.98 Å². The van der Waals surface area contributed by atoms with Crippen LogP contribution in [0, 0.1) is 0 Å². The van der Waals surface area contributed by atoms with E-state index in [0.29, 0.717) is 5.92 Å². The van der Waals surface area contributed by atoms with Gasteiger partial charge in [-0.15, -0.1) is 0 Å². The van der Waals surface area contributed by atoms with Gasteiger partial charge in [-0.1, -0.05) is 37.6 Å². The van der Waals surface area contributed by atoms with Crippen LogP contribution >= 0.6 is 0 Å². The molecule has 1 aromatic heterocycles. The predicted molar refractivity (Wildman–Crippen MR) is 82.7 cm³/mol. The molecule has 0 bridgehead atoms. The van der Waals surface area contributed by atoms with Gasteiger partial charge in [0, 0.05) is 12.4 Å². The van der Waals surface area contributed by atoms with E-state index in [1.54, 1.807) is 0 Å². The lowest BCUT2D eigenvalue weighted by Crippen LogP contribution is -2.19. The zero-order chi connectivity index (χ0) is 13.9. The van der Waals surface area contributed by atoms with Crippen molar-refractivity contribution in [1.29, 1.82) is 0 Å². The second-order valence-corrected chi connectivity index (χ2v) is 5.66. The molecule has 20 heavy (non-hydrogen) atoms. The van der Waals surface area contributed by atoms with E-state index in [1.807, 2.05) is 12.4 Å². The van der Waals surface area contributed by atoms with Crippen molar-refractivity contribution < 1.29 is 0 Å². The average molecular weight is 266 g/mol. The molecule has 2 nitrogen and oxygen atoms in total. The van der Waals surface area contributed by atoms with Gasteiger partial charge >= 0.3 is 0 Å². The first-order valence-corrected chi connectivity index (χ1v) is 7.58. The van der Waals surface area contributed by atoms with E-state index in [2.05, 4.69) is 42.2 Å². The zero-order valence-corrected chi connectivity index (χ0v) is 12.0. The summed E-state index contributed by atoms with van der Waals surface area (Å²) in [5, 5.41) is 0. The molecule has 1 aliphatic rings. The standard InChI is InChI=1S/C18H22N2/c1-2-13-12-20-11-10-16(13)18(19)17-9-4-3-8-15(17)14-6-5-7-14/h3-4,8-12,14,18H,2,5-7,19H2,1H3. The van der Waals surface area contributed by atoms with Gasteiger partial charge in [-0.2, -0.15) is 0 Å². The van der Waals surface area contributed by atoms with E-state index in [1.165, 1.54) is 41.5 Å². The fourth-order valence-corrected chi connectivity index (χ4v) is 3.09. The molecule has 1 aromatic carbocycles. The molecule has 1 atom stereocenters. The van der Waals surface area contributed by atoms with Crippen LogP contribution in [0.25, 0.3) is 0 Å². The number of aromatic nitrogens is 1. The molecule has 0 radical (unpaired) electrons. The van der Waals surface area contributed by atoms with Crippen molar-refractivity contribution in [1.82, 2.24) is 4.98 Å². The minimum Gasteiger partial charge on any atom is -0.320 e. The topological polar surface area (TPSA) is 38.9 Å². The Morgan fingerprint density at radius 2 is 2.00 bits per heavy atom. The molecule has 3 rings (SSSR count). The Kier molecular flexibility index (Phi) is 3.83. The lowest BCUT2D eigenvalue weighted by molar-refractivity contribution is 0.416. The molecule has 1 heterocycles. The maximum Gasteiger partial charge on any atom is 0.0558 e. The molecular weight excluding hydrogens is 244 g/mol. The van der Waals surface area contributed by atoms with Gasteiger partial charge < -0.3 is 5.73 Å². The normalized spacial score (nSPS) is 16.7. The van der Waals surface area contributed by atoms with Gasteiger partial charge in [0.05, 0.1) is 6.04 Å². The Morgan fingerprint density at radius 1 is 1.20 bits per heavy atom. The minimum absolute atomic E-state index is 0.0373. The molecule has 1 aliphatic carbocycles. The summed E-state index contributed by atoms with van der Waals surface area (Å²) in [6.07, 6.45) is 8.73. The van der Waals surface area contributed by atoms with Crippen LogP contribution in [0.4, 0.5) is 0 Å². The Morgan fingerprint density at radius 3 is 2.70 bits per heavy atom. The van der Waals surface area contributed by atoms with Gasteiger partial charge in [-0.25, -0.2) is 0 Å². The first kappa shape index (κ1) is 13.3. The lowest BCUT2D eigenvalue weighted by atomic mass is 9.76. The third kappa shape index (κ3) is 2.36. The van der Waals surface area contributed by atoms with E-state index in [4.69, 9.17) is 5.73 Å².